The third-order valence-electron chi connectivity index (χ3n) is 1.79. The topological polar surface area (TPSA) is 12.0 Å². The van der Waals surface area contributed by atoms with Gasteiger partial charge in [0.2, 0.25) is 0 Å². The molecule has 0 unspecified atom stereocenters. The van der Waals surface area contributed by atoms with Gasteiger partial charge in [0.25, 0.3) is 0 Å². The molecule has 0 aliphatic carbocycles. The van der Waals surface area contributed by atoms with E-state index in [1.54, 1.807) is 18.2 Å². The third kappa shape index (κ3) is 2.90. The van der Waals surface area contributed by atoms with Crippen molar-refractivity contribution in [3.63, 3.8) is 0 Å². The number of hydrogen-bond acceptors (Lipinski definition) is 1. The van der Waals surface area contributed by atoms with E-state index in [-0.39, 0.29) is 5.82 Å². The van der Waals surface area contributed by atoms with Crippen LogP contribution in [0.1, 0.15) is 12.0 Å². The van der Waals surface area contributed by atoms with Crippen LogP contribution in [0.4, 0.5) is 10.1 Å². The second-order valence-corrected chi connectivity index (χ2v) is 2.99. The van der Waals surface area contributed by atoms with Gasteiger partial charge in [0.05, 0.1) is 5.69 Å². The van der Waals surface area contributed by atoms with Crippen molar-refractivity contribution in [3.05, 3.63) is 42.2 Å². The molecule has 1 nitrogen and oxygen atoms in total. The van der Waals surface area contributed by atoms with Crippen LogP contribution in [-0.2, 0) is 0 Å². The number of nitrogens with one attached hydrogen (secondary N) is 1. The van der Waals surface area contributed by atoms with E-state index in [0.29, 0.717) is 5.69 Å². The SMILES string of the molecule is C=CCCNc1cc(C)ccc1F. The molecule has 1 aromatic carbocycles. The van der Waals surface area contributed by atoms with Gasteiger partial charge in [-0.25, -0.2) is 4.39 Å². The molecule has 0 fully saturated rings. The standard InChI is InChI=1S/C11H14FN/c1-3-4-7-13-11-8-9(2)5-6-10(11)12/h3,5-6,8,13H,1,4,7H2,2H3. The molecule has 13 heavy (non-hydrogen) atoms. The lowest BCUT2D eigenvalue weighted by atomic mass is 10.2. The van der Waals surface area contributed by atoms with Gasteiger partial charge in [-0.05, 0) is 31.0 Å². The molecule has 0 atom stereocenters. The molecule has 0 aliphatic rings. The smallest absolute Gasteiger partial charge is 0.146 e. The summed E-state index contributed by atoms with van der Waals surface area (Å²) in [4.78, 5) is 0. The Hall–Kier alpha value is -1.31. The number of anilines is 1. The average Bonchev–Trinajstić information content (AvgIpc) is 2.11. The maximum Gasteiger partial charge on any atom is 0.146 e. The minimum Gasteiger partial charge on any atom is -0.382 e. The van der Waals surface area contributed by atoms with E-state index < -0.39 is 0 Å². The minimum absolute atomic E-state index is 0.199. The predicted molar refractivity (Wildman–Crippen MR) is 54.4 cm³/mol. The monoisotopic (exact) mass is 179 g/mol. The molecular formula is C11H14FN. The minimum atomic E-state index is -0.199. The van der Waals surface area contributed by atoms with Crippen LogP contribution in [0, 0.1) is 12.7 Å². The molecule has 1 aromatic rings. The van der Waals surface area contributed by atoms with Crippen molar-refractivity contribution in [2.75, 3.05) is 11.9 Å². The lowest BCUT2D eigenvalue weighted by molar-refractivity contribution is 0.630. The van der Waals surface area contributed by atoms with Crippen molar-refractivity contribution < 1.29 is 4.39 Å². The van der Waals surface area contributed by atoms with Crippen molar-refractivity contribution in [3.8, 4) is 0 Å². The van der Waals surface area contributed by atoms with Crippen LogP contribution in [0.2, 0.25) is 0 Å². The average molecular weight is 179 g/mol. The summed E-state index contributed by atoms with van der Waals surface area (Å²) >= 11 is 0. The van der Waals surface area contributed by atoms with Crippen molar-refractivity contribution in [2.24, 2.45) is 0 Å². The Morgan fingerprint density at radius 3 is 3.00 bits per heavy atom. The van der Waals surface area contributed by atoms with Crippen molar-refractivity contribution in [1.29, 1.82) is 0 Å². The van der Waals surface area contributed by atoms with Crippen LogP contribution in [0.5, 0.6) is 0 Å². The maximum atomic E-state index is 13.1. The highest BCUT2D eigenvalue weighted by Gasteiger charge is 1.99. The van der Waals surface area contributed by atoms with Gasteiger partial charge in [0, 0.05) is 6.54 Å². The molecule has 0 saturated carbocycles. The van der Waals surface area contributed by atoms with E-state index in [1.165, 1.54) is 6.07 Å². The second kappa shape index (κ2) is 4.65. The molecule has 1 N–H and O–H groups in total. The number of halogens is 1. The largest absolute Gasteiger partial charge is 0.382 e. The fraction of sp³-hybridized carbons (Fsp3) is 0.273. The zero-order valence-corrected chi connectivity index (χ0v) is 7.81. The molecule has 0 spiro atoms. The van der Waals surface area contributed by atoms with E-state index >= 15 is 0 Å². The van der Waals surface area contributed by atoms with Crippen LogP contribution >= 0.6 is 0 Å². The molecule has 0 amide bonds. The predicted octanol–water partition coefficient (Wildman–Crippen LogP) is 3.12. The third-order valence-corrected chi connectivity index (χ3v) is 1.79. The molecule has 0 bridgehead atoms. The Bertz CT molecular complexity index is 294. The Labute approximate surface area is 78.3 Å². The summed E-state index contributed by atoms with van der Waals surface area (Å²) in [7, 11) is 0. The molecule has 0 aromatic heterocycles. The highest BCUT2D eigenvalue weighted by molar-refractivity contribution is 5.46. The van der Waals surface area contributed by atoms with Gasteiger partial charge in [-0.1, -0.05) is 12.1 Å². The molecule has 0 heterocycles. The van der Waals surface area contributed by atoms with E-state index in [4.69, 9.17) is 0 Å². The first-order valence-corrected chi connectivity index (χ1v) is 4.35. The number of aryl methyl sites for hydroxylation is 1. The van der Waals surface area contributed by atoms with Gasteiger partial charge >= 0.3 is 0 Å². The van der Waals surface area contributed by atoms with E-state index in [9.17, 15) is 4.39 Å². The Balaban J connectivity index is 2.64. The highest BCUT2D eigenvalue weighted by Crippen LogP contribution is 2.15. The molecule has 0 aliphatic heterocycles. The first-order chi connectivity index (χ1) is 6.24. The lowest BCUT2D eigenvalue weighted by Gasteiger charge is -2.06. The van der Waals surface area contributed by atoms with Crippen LogP contribution in [0.25, 0.3) is 0 Å². The normalized spacial score (nSPS) is 9.69. The first-order valence-electron chi connectivity index (χ1n) is 4.35. The summed E-state index contributed by atoms with van der Waals surface area (Å²) in [5.74, 6) is -0.199. The first kappa shape index (κ1) is 9.78. The van der Waals surface area contributed by atoms with Gasteiger partial charge in [-0.3, -0.25) is 0 Å². The summed E-state index contributed by atoms with van der Waals surface area (Å²) in [6.07, 6.45) is 2.65. The molecule has 2 heteroatoms. The molecule has 1 rings (SSSR count). The number of hydrogen-bond donors (Lipinski definition) is 1. The zero-order valence-electron chi connectivity index (χ0n) is 7.81. The molecule has 0 radical (unpaired) electrons. The summed E-state index contributed by atoms with van der Waals surface area (Å²) in [6, 6.07) is 5.04. The number of rotatable bonds is 4. The molecular weight excluding hydrogens is 165 g/mol. The van der Waals surface area contributed by atoms with Gasteiger partial charge in [-0.15, -0.1) is 6.58 Å². The van der Waals surface area contributed by atoms with Crippen molar-refractivity contribution in [2.45, 2.75) is 13.3 Å². The Kier molecular flexibility index (Phi) is 3.50. The van der Waals surface area contributed by atoms with E-state index in [0.717, 1.165) is 18.5 Å². The quantitative estimate of drug-likeness (QED) is 0.553. The number of benzene rings is 1. The van der Waals surface area contributed by atoms with Gasteiger partial charge in [-0.2, -0.15) is 0 Å². The van der Waals surface area contributed by atoms with E-state index in [1.807, 2.05) is 6.92 Å². The summed E-state index contributed by atoms with van der Waals surface area (Å²) < 4.78 is 13.1. The van der Waals surface area contributed by atoms with Crippen molar-refractivity contribution >= 4 is 5.69 Å². The second-order valence-electron chi connectivity index (χ2n) is 2.99. The molecule has 0 saturated heterocycles. The maximum absolute atomic E-state index is 13.1. The van der Waals surface area contributed by atoms with Crippen molar-refractivity contribution in [1.82, 2.24) is 0 Å². The fourth-order valence-corrected chi connectivity index (χ4v) is 1.08. The van der Waals surface area contributed by atoms with Gasteiger partial charge in [0.15, 0.2) is 0 Å². The van der Waals surface area contributed by atoms with Crippen LogP contribution in [0.3, 0.4) is 0 Å². The van der Waals surface area contributed by atoms with Gasteiger partial charge in [0.1, 0.15) is 5.82 Å². The zero-order chi connectivity index (χ0) is 9.68. The Morgan fingerprint density at radius 1 is 1.54 bits per heavy atom. The molecule has 70 valence electrons. The summed E-state index contributed by atoms with van der Waals surface area (Å²) in [5.41, 5.74) is 1.63. The highest BCUT2D eigenvalue weighted by atomic mass is 19.1. The Morgan fingerprint density at radius 2 is 2.31 bits per heavy atom. The van der Waals surface area contributed by atoms with Crippen LogP contribution in [0.15, 0.2) is 30.9 Å². The fourth-order valence-electron chi connectivity index (χ4n) is 1.08. The van der Waals surface area contributed by atoms with E-state index in [2.05, 4.69) is 11.9 Å². The summed E-state index contributed by atoms with van der Waals surface area (Å²) in [5, 5.41) is 3.01. The van der Waals surface area contributed by atoms with Gasteiger partial charge < -0.3 is 5.32 Å². The summed E-state index contributed by atoms with van der Waals surface area (Å²) in [6.45, 7) is 6.27. The van der Waals surface area contributed by atoms with Crippen LogP contribution in [-0.4, -0.2) is 6.54 Å². The lowest BCUT2D eigenvalue weighted by Crippen LogP contribution is -2.02. The van der Waals surface area contributed by atoms with Crippen LogP contribution < -0.4 is 5.32 Å².